The highest BCUT2D eigenvalue weighted by atomic mass is 19.1. The Labute approximate surface area is 202 Å². The van der Waals surface area contributed by atoms with E-state index in [-0.39, 0.29) is 19.1 Å². The minimum absolute atomic E-state index is 0. The summed E-state index contributed by atoms with van der Waals surface area (Å²) in [6.07, 6.45) is 7.46. The van der Waals surface area contributed by atoms with Gasteiger partial charge in [-0.15, -0.1) is 10.2 Å². The molecule has 1 N–H and O–H groups in total. The molecular weight excluding hydrogens is 447 g/mol. The van der Waals surface area contributed by atoms with Gasteiger partial charge in [-0.25, -0.2) is 9.37 Å². The molecule has 0 radical (unpaired) electrons. The maximum atomic E-state index is 14.9. The zero-order chi connectivity index (χ0) is 23.4. The average molecular weight is 475 g/mol. The molecule has 3 heterocycles. The number of halogens is 1. The number of para-hydroxylation sites is 1. The summed E-state index contributed by atoms with van der Waals surface area (Å²) in [6, 6.07) is 8.35. The fourth-order valence-electron chi connectivity index (χ4n) is 4.41. The third kappa shape index (κ3) is 4.07. The van der Waals surface area contributed by atoms with Crippen molar-refractivity contribution < 1.29 is 13.9 Å². The van der Waals surface area contributed by atoms with E-state index in [1.165, 1.54) is 6.07 Å². The lowest BCUT2D eigenvalue weighted by atomic mass is 10.1. The second kappa shape index (κ2) is 8.65. The Balaban J connectivity index is 0.00000253. The van der Waals surface area contributed by atoms with Gasteiger partial charge < -0.3 is 19.2 Å². The zero-order valence-electron chi connectivity index (χ0n) is 18.8. The topological polar surface area (TPSA) is 86.9 Å². The third-order valence-electron chi connectivity index (χ3n) is 6.30. The van der Waals surface area contributed by atoms with Crippen LogP contribution >= 0.6 is 0 Å². The molecule has 1 fully saturated rings. The quantitative estimate of drug-likeness (QED) is 0.443. The van der Waals surface area contributed by atoms with E-state index in [1.807, 2.05) is 35.2 Å². The van der Waals surface area contributed by atoms with Gasteiger partial charge in [-0.2, -0.15) is 0 Å². The van der Waals surface area contributed by atoms with Crippen LogP contribution in [0, 0.1) is 12.7 Å². The number of hydrogen-bond acceptors (Lipinski definition) is 5. The molecule has 0 spiro atoms. The molecule has 0 saturated heterocycles. The van der Waals surface area contributed by atoms with E-state index in [0.29, 0.717) is 29.7 Å². The van der Waals surface area contributed by atoms with Crippen molar-refractivity contribution in [1.29, 1.82) is 0 Å². The van der Waals surface area contributed by atoms with Gasteiger partial charge in [0.1, 0.15) is 18.2 Å². The predicted octanol–water partition coefficient (Wildman–Crippen LogP) is 5.13. The molecule has 8 nitrogen and oxygen atoms in total. The minimum Gasteiger partial charge on any atom is -0.486 e. The van der Waals surface area contributed by atoms with E-state index >= 15 is 0 Å². The number of nitrogens with one attached hydrogen (secondary N) is 1. The molecule has 0 unspecified atom stereocenters. The van der Waals surface area contributed by atoms with Crippen LogP contribution in [0.5, 0.6) is 5.75 Å². The van der Waals surface area contributed by atoms with Crippen molar-refractivity contribution in [3.05, 3.63) is 71.8 Å². The van der Waals surface area contributed by atoms with Gasteiger partial charge in [0, 0.05) is 12.1 Å². The van der Waals surface area contributed by atoms with E-state index in [4.69, 9.17) is 4.74 Å². The van der Waals surface area contributed by atoms with Crippen LogP contribution in [0.4, 0.5) is 10.1 Å². The lowest BCUT2D eigenvalue weighted by Crippen LogP contribution is -2.19. The first-order valence-corrected chi connectivity index (χ1v) is 11.3. The van der Waals surface area contributed by atoms with Gasteiger partial charge in [-0.3, -0.25) is 4.79 Å². The van der Waals surface area contributed by atoms with Crippen molar-refractivity contribution in [3.63, 3.8) is 0 Å². The van der Waals surface area contributed by atoms with E-state index in [0.717, 1.165) is 35.3 Å². The molecule has 6 rings (SSSR count). The average Bonchev–Trinajstić information content (AvgIpc) is 3.40. The van der Waals surface area contributed by atoms with Gasteiger partial charge in [0.25, 0.3) is 5.91 Å². The Morgan fingerprint density at radius 1 is 1.23 bits per heavy atom. The van der Waals surface area contributed by atoms with Crippen molar-refractivity contribution >= 4 is 11.6 Å². The lowest BCUT2D eigenvalue weighted by molar-refractivity contribution is 0.102. The lowest BCUT2D eigenvalue weighted by Gasteiger charge is -2.17. The van der Waals surface area contributed by atoms with Crippen LogP contribution in [0.3, 0.4) is 0 Å². The number of aromatic nitrogens is 5. The summed E-state index contributed by atoms with van der Waals surface area (Å²) >= 11 is 0. The number of nitrogens with zero attached hydrogens (tertiary/aromatic N) is 5. The van der Waals surface area contributed by atoms with Gasteiger partial charge in [0.15, 0.2) is 11.6 Å². The summed E-state index contributed by atoms with van der Waals surface area (Å²) in [6.45, 7) is 4.33. The number of ether oxygens (including phenoxy) is 1. The number of carbonyl (C=O) groups excluding carboxylic acids is 1. The standard InChI is InChI=1S/C25H23FN6O2.CH4/c1-14-8-19(26)18(9-22(14)31-11-21(27-12-31)16-6-7-16)25(33)29-20-5-3-4-17-23(20)34-15(2)10-32-13-28-30-24(17)32;/h3-5,8-9,11-13,15-16H,6-7,10H2,1-2H3,(H,29,33);1H4/t15-;/m1./s1. The molecule has 1 aliphatic heterocycles. The Bertz CT molecular complexity index is 1420. The van der Waals surface area contributed by atoms with Crippen molar-refractivity contribution in [2.24, 2.45) is 0 Å². The van der Waals surface area contributed by atoms with Crippen molar-refractivity contribution in [1.82, 2.24) is 24.3 Å². The molecule has 1 atom stereocenters. The molecule has 2 aromatic heterocycles. The third-order valence-corrected chi connectivity index (χ3v) is 6.30. The summed E-state index contributed by atoms with van der Waals surface area (Å²) in [4.78, 5) is 17.7. The summed E-state index contributed by atoms with van der Waals surface area (Å²) in [7, 11) is 0. The van der Waals surface area contributed by atoms with Gasteiger partial charge in [0.05, 0.1) is 41.1 Å². The number of benzene rings is 2. The number of carbonyl (C=O) groups is 1. The smallest absolute Gasteiger partial charge is 0.258 e. The number of aryl methyl sites for hydroxylation is 1. The minimum atomic E-state index is -0.586. The fourth-order valence-corrected chi connectivity index (χ4v) is 4.41. The van der Waals surface area contributed by atoms with Crippen molar-refractivity contribution in [3.8, 4) is 22.8 Å². The molecule has 1 amide bonds. The molecule has 180 valence electrons. The maximum absolute atomic E-state index is 14.9. The van der Waals surface area contributed by atoms with Gasteiger partial charge in [-0.05, 0) is 56.5 Å². The van der Waals surface area contributed by atoms with Gasteiger partial charge in [0.2, 0.25) is 0 Å². The summed E-state index contributed by atoms with van der Waals surface area (Å²) in [5.41, 5.74) is 3.59. The predicted molar refractivity (Wildman–Crippen MR) is 130 cm³/mol. The molecule has 9 heteroatoms. The van der Waals surface area contributed by atoms with E-state index in [9.17, 15) is 9.18 Å². The molecule has 1 aliphatic carbocycles. The van der Waals surface area contributed by atoms with Gasteiger partial charge >= 0.3 is 0 Å². The second-order valence-corrected chi connectivity index (χ2v) is 8.97. The largest absolute Gasteiger partial charge is 0.486 e. The first-order valence-electron chi connectivity index (χ1n) is 11.3. The Morgan fingerprint density at radius 3 is 2.86 bits per heavy atom. The molecule has 2 aliphatic rings. The van der Waals surface area contributed by atoms with Crippen LogP contribution in [0.25, 0.3) is 17.1 Å². The highest BCUT2D eigenvalue weighted by molar-refractivity contribution is 6.06. The number of rotatable bonds is 4. The normalized spacial score (nSPS) is 16.4. The summed E-state index contributed by atoms with van der Waals surface area (Å²) < 4.78 is 24.8. The molecule has 1 saturated carbocycles. The van der Waals surface area contributed by atoms with E-state index in [2.05, 4.69) is 20.5 Å². The monoisotopic (exact) mass is 474 g/mol. The van der Waals surface area contributed by atoms with Crippen LogP contribution in [-0.2, 0) is 6.54 Å². The second-order valence-electron chi connectivity index (χ2n) is 8.97. The molecule has 0 bridgehead atoms. The van der Waals surface area contributed by atoms with Gasteiger partial charge in [-0.1, -0.05) is 13.5 Å². The van der Waals surface area contributed by atoms with Crippen LogP contribution in [0.2, 0.25) is 0 Å². The van der Waals surface area contributed by atoms with Crippen LogP contribution in [0.1, 0.15) is 54.7 Å². The molecule has 4 aromatic rings. The molecular formula is C26H27FN6O2. The highest BCUT2D eigenvalue weighted by Gasteiger charge is 2.27. The first kappa shape index (κ1) is 22.8. The van der Waals surface area contributed by atoms with Crippen molar-refractivity contribution in [2.45, 2.75) is 52.7 Å². The molecule has 35 heavy (non-hydrogen) atoms. The zero-order valence-corrected chi connectivity index (χ0v) is 18.8. The highest BCUT2D eigenvalue weighted by Crippen LogP contribution is 2.40. The Kier molecular flexibility index (Phi) is 5.62. The number of imidazole rings is 1. The Hall–Kier alpha value is -4.01. The van der Waals surface area contributed by atoms with E-state index in [1.54, 1.807) is 30.9 Å². The summed E-state index contributed by atoms with van der Waals surface area (Å²) in [5.74, 6) is 0.512. The number of hydrogen-bond donors (Lipinski definition) is 1. The van der Waals surface area contributed by atoms with Crippen LogP contribution in [0.15, 0.2) is 49.2 Å². The number of fused-ring (bicyclic) bond motifs is 3. The summed E-state index contributed by atoms with van der Waals surface area (Å²) in [5, 5.41) is 11.1. The Morgan fingerprint density at radius 2 is 2.06 bits per heavy atom. The SMILES string of the molecule is C.Cc1cc(F)c(C(=O)Nc2cccc3c2O[C@H](C)Cn2cnnc2-3)cc1-n1cnc(C2CC2)c1. The van der Waals surface area contributed by atoms with E-state index < -0.39 is 11.7 Å². The first-order chi connectivity index (χ1) is 16.5. The maximum Gasteiger partial charge on any atom is 0.258 e. The number of anilines is 1. The number of amides is 1. The van der Waals surface area contributed by atoms with Crippen LogP contribution < -0.4 is 10.1 Å². The fraction of sp³-hybridized carbons (Fsp3) is 0.308. The molecule has 2 aromatic carbocycles. The van der Waals surface area contributed by atoms with Crippen molar-refractivity contribution in [2.75, 3.05) is 5.32 Å². The van der Waals surface area contributed by atoms with Crippen LogP contribution in [-0.4, -0.2) is 36.3 Å².